The van der Waals surface area contributed by atoms with Crippen molar-refractivity contribution in [1.29, 1.82) is 0 Å². The number of rotatable bonds is 9. The molecule has 28 heavy (non-hydrogen) atoms. The third-order valence-corrected chi connectivity index (χ3v) is 4.80. The fourth-order valence-corrected chi connectivity index (χ4v) is 3.30. The summed E-state index contributed by atoms with van der Waals surface area (Å²) in [6.07, 6.45) is 2.42. The summed E-state index contributed by atoms with van der Waals surface area (Å²) in [4.78, 5) is 33.4. The number of nitrogens with zero attached hydrogens (tertiary/aromatic N) is 2. The van der Waals surface area contributed by atoms with Crippen LogP contribution < -0.4 is 5.32 Å². The number of Topliss-reactive ketones (excluding diaryl/α,β-unsaturated/α-hetero) is 1. The summed E-state index contributed by atoms with van der Waals surface area (Å²) in [6.45, 7) is 3.38. The summed E-state index contributed by atoms with van der Waals surface area (Å²) in [5.41, 5.74) is 3.96. The number of nitrogens with one attached hydrogen (secondary N) is 1. The van der Waals surface area contributed by atoms with Gasteiger partial charge < -0.3 is 10.1 Å². The lowest BCUT2D eigenvalue weighted by Crippen LogP contribution is -2.33. The van der Waals surface area contributed by atoms with Crippen LogP contribution in [-0.4, -0.2) is 42.6 Å². The molecular weight excluding hydrogens is 354 g/mol. The van der Waals surface area contributed by atoms with Crippen LogP contribution in [0.25, 0.3) is 0 Å². The van der Waals surface area contributed by atoms with E-state index >= 15 is 0 Å². The topological polar surface area (TPSA) is 80.6 Å². The molecule has 0 saturated carbocycles. The largest absolute Gasteiger partial charge is 0.383 e. The maximum Gasteiger partial charge on any atom is 0.270 e. The lowest BCUT2D eigenvalue weighted by molar-refractivity contribution is -0.118. The number of carbonyl (C=O) groups excluding carboxylic acids is 2. The lowest BCUT2D eigenvalue weighted by atomic mass is 9.94. The van der Waals surface area contributed by atoms with E-state index in [0.29, 0.717) is 38.2 Å². The number of ketones is 1. The van der Waals surface area contributed by atoms with Gasteiger partial charge in [0.2, 0.25) is 0 Å². The predicted octanol–water partition coefficient (Wildman–Crippen LogP) is 2.45. The average molecular weight is 379 g/mol. The summed E-state index contributed by atoms with van der Waals surface area (Å²) in [5.74, 6) is 0.104. The van der Waals surface area contributed by atoms with Gasteiger partial charge in [0, 0.05) is 44.0 Å². The molecule has 1 aliphatic heterocycles. The number of ether oxygens (including phenoxy) is 1. The van der Waals surface area contributed by atoms with Crippen molar-refractivity contribution in [2.75, 3.05) is 20.3 Å². The van der Waals surface area contributed by atoms with Crippen LogP contribution in [0.15, 0.2) is 47.6 Å². The number of hydrogen-bond acceptors (Lipinski definition) is 5. The maximum atomic E-state index is 12.5. The second-order valence-electron chi connectivity index (χ2n) is 6.98. The lowest BCUT2D eigenvalue weighted by Gasteiger charge is -2.11. The number of fused-ring (bicyclic) bond motifs is 1. The quantitative estimate of drug-likeness (QED) is 0.679. The van der Waals surface area contributed by atoms with Crippen LogP contribution in [0.4, 0.5) is 0 Å². The Morgan fingerprint density at radius 3 is 2.79 bits per heavy atom. The Labute approximate surface area is 165 Å². The zero-order valence-electron chi connectivity index (χ0n) is 16.3. The van der Waals surface area contributed by atoms with Gasteiger partial charge in [0.25, 0.3) is 5.91 Å². The van der Waals surface area contributed by atoms with Crippen LogP contribution in [0.5, 0.6) is 0 Å². The first-order valence-electron chi connectivity index (χ1n) is 9.45. The molecule has 2 heterocycles. The smallest absolute Gasteiger partial charge is 0.270 e. The summed E-state index contributed by atoms with van der Waals surface area (Å²) in [7, 11) is 1.59. The van der Waals surface area contributed by atoms with Crippen molar-refractivity contribution in [3.63, 3.8) is 0 Å². The van der Waals surface area contributed by atoms with Crippen LogP contribution >= 0.6 is 0 Å². The molecule has 6 nitrogen and oxygen atoms in total. The molecule has 1 atom stereocenters. The average Bonchev–Trinajstić information content (AvgIpc) is 3.12. The molecule has 1 aromatic heterocycles. The Hall–Kier alpha value is -2.86. The number of carbonyl (C=O) groups is 2. The number of hydrogen-bond donors (Lipinski definition) is 1. The van der Waals surface area contributed by atoms with E-state index in [1.807, 2.05) is 36.4 Å². The van der Waals surface area contributed by atoms with Gasteiger partial charge >= 0.3 is 0 Å². The number of methoxy groups -OCH3 is 1. The van der Waals surface area contributed by atoms with E-state index in [1.165, 1.54) is 0 Å². The van der Waals surface area contributed by atoms with Crippen molar-refractivity contribution in [2.24, 2.45) is 4.99 Å². The molecule has 0 bridgehead atoms. The molecule has 1 amide bonds. The monoisotopic (exact) mass is 379 g/mol. The molecular formula is C22H25N3O3. The van der Waals surface area contributed by atoms with E-state index in [9.17, 15) is 9.59 Å². The van der Waals surface area contributed by atoms with Gasteiger partial charge in [0.1, 0.15) is 11.5 Å². The number of aromatic nitrogens is 1. The van der Waals surface area contributed by atoms with E-state index in [2.05, 4.69) is 22.2 Å². The third kappa shape index (κ3) is 4.89. The van der Waals surface area contributed by atoms with Crippen LogP contribution in [0, 0.1) is 0 Å². The van der Waals surface area contributed by atoms with Crippen LogP contribution in [0.3, 0.4) is 0 Å². The molecule has 146 valence electrons. The van der Waals surface area contributed by atoms with Gasteiger partial charge in [-0.25, -0.2) is 0 Å². The van der Waals surface area contributed by atoms with Crippen molar-refractivity contribution < 1.29 is 14.3 Å². The Bertz CT molecular complexity index is 878. The first kappa shape index (κ1) is 19.9. The molecule has 0 spiro atoms. The fraction of sp³-hybridized carbons (Fsp3) is 0.364. The zero-order chi connectivity index (χ0) is 19.9. The van der Waals surface area contributed by atoms with Crippen molar-refractivity contribution >= 4 is 17.4 Å². The predicted molar refractivity (Wildman–Crippen MR) is 108 cm³/mol. The van der Waals surface area contributed by atoms with Crippen LogP contribution in [0.2, 0.25) is 0 Å². The summed E-state index contributed by atoms with van der Waals surface area (Å²) in [6, 6.07) is 11.9. The fourth-order valence-electron chi connectivity index (χ4n) is 3.30. The molecule has 0 unspecified atom stereocenters. The minimum atomic E-state index is -0.224. The van der Waals surface area contributed by atoms with Gasteiger partial charge in [-0.2, -0.15) is 0 Å². The molecule has 1 aromatic carbocycles. The standard InChI is InChI=1S/C22H25N3O3/c1-15(16-6-4-3-5-7-16)10-19(26)12-18-11-17-13-25-21(20(17)14-24-18)22(27)23-8-9-28-2/h3-7,11,14-15H,8-10,12-13H2,1-2H3,(H,23,27)/t15-/m0/s1. The zero-order valence-corrected chi connectivity index (χ0v) is 16.3. The van der Waals surface area contributed by atoms with Gasteiger partial charge in [0.05, 0.1) is 13.2 Å². The minimum absolute atomic E-state index is 0.153. The molecule has 2 aromatic rings. The molecule has 1 aliphatic rings. The van der Waals surface area contributed by atoms with E-state index in [1.54, 1.807) is 13.3 Å². The van der Waals surface area contributed by atoms with Crippen molar-refractivity contribution in [3.05, 3.63) is 65.0 Å². The van der Waals surface area contributed by atoms with Gasteiger partial charge in [0.15, 0.2) is 0 Å². The first-order valence-corrected chi connectivity index (χ1v) is 9.45. The number of pyridine rings is 1. The highest BCUT2D eigenvalue weighted by atomic mass is 16.5. The van der Waals surface area contributed by atoms with Crippen molar-refractivity contribution in [2.45, 2.75) is 32.2 Å². The molecule has 0 radical (unpaired) electrons. The van der Waals surface area contributed by atoms with Gasteiger partial charge in [-0.1, -0.05) is 37.3 Å². The summed E-state index contributed by atoms with van der Waals surface area (Å²) >= 11 is 0. The van der Waals surface area contributed by atoms with Gasteiger partial charge in [-0.15, -0.1) is 0 Å². The highest BCUT2D eigenvalue weighted by molar-refractivity contribution is 6.46. The highest BCUT2D eigenvalue weighted by Gasteiger charge is 2.23. The van der Waals surface area contributed by atoms with E-state index in [0.717, 1.165) is 22.4 Å². The number of aliphatic imine (C=N–C) groups is 1. The minimum Gasteiger partial charge on any atom is -0.383 e. The molecule has 0 aliphatic carbocycles. The van der Waals surface area contributed by atoms with Crippen LogP contribution in [0.1, 0.15) is 41.6 Å². The van der Waals surface area contributed by atoms with Gasteiger partial charge in [-0.05, 0) is 23.1 Å². The van der Waals surface area contributed by atoms with Crippen LogP contribution in [-0.2, 0) is 27.3 Å². The molecule has 3 rings (SSSR count). The first-order chi connectivity index (χ1) is 13.6. The molecule has 0 saturated heterocycles. The second-order valence-corrected chi connectivity index (χ2v) is 6.98. The van der Waals surface area contributed by atoms with E-state index in [4.69, 9.17) is 4.74 Å². The summed E-state index contributed by atoms with van der Waals surface area (Å²) < 4.78 is 4.93. The molecule has 6 heteroatoms. The Balaban J connectivity index is 1.59. The molecule has 0 fully saturated rings. The van der Waals surface area contributed by atoms with E-state index < -0.39 is 0 Å². The van der Waals surface area contributed by atoms with Crippen molar-refractivity contribution in [1.82, 2.24) is 10.3 Å². The Morgan fingerprint density at radius 1 is 1.25 bits per heavy atom. The highest BCUT2D eigenvalue weighted by Crippen LogP contribution is 2.22. The second kappa shape index (κ2) is 9.37. The number of benzene rings is 1. The number of amides is 1. The summed E-state index contributed by atoms with van der Waals surface area (Å²) in [5, 5.41) is 2.77. The van der Waals surface area contributed by atoms with E-state index in [-0.39, 0.29) is 17.6 Å². The molecule has 1 N–H and O–H groups in total. The van der Waals surface area contributed by atoms with Crippen molar-refractivity contribution in [3.8, 4) is 0 Å². The maximum absolute atomic E-state index is 12.5. The Kier molecular flexibility index (Phi) is 6.66. The Morgan fingerprint density at radius 2 is 2.04 bits per heavy atom. The normalized spacial score (nSPS) is 13.6. The SMILES string of the molecule is COCCNC(=O)C1=NCc2cc(CC(=O)C[C@H](C)c3ccccc3)ncc21. The third-order valence-electron chi connectivity index (χ3n) is 4.80. The van der Waals surface area contributed by atoms with Gasteiger partial charge in [-0.3, -0.25) is 19.6 Å².